The number of aliphatic carboxylic acids is 2. The van der Waals surface area contributed by atoms with Crippen LogP contribution in [0.1, 0.15) is 38.5 Å². The van der Waals surface area contributed by atoms with Crippen LogP contribution < -0.4 is 5.73 Å². The second-order valence-corrected chi connectivity index (χ2v) is 3.33. The number of hydrogen-bond donors (Lipinski definition) is 3. The Balaban J connectivity index is 3.32. The maximum atomic E-state index is 10.2. The Morgan fingerprint density at radius 3 is 1.64 bits per heavy atom. The summed E-state index contributed by atoms with van der Waals surface area (Å²) in [5, 5.41) is 16.7. The first-order chi connectivity index (χ1) is 6.52. The van der Waals surface area contributed by atoms with E-state index in [-0.39, 0.29) is 18.9 Å². The van der Waals surface area contributed by atoms with Crippen molar-refractivity contribution < 1.29 is 19.8 Å². The maximum absolute atomic E-state index is 10.2. The third-order valence-corrected chi connectivity index (χ3v) is 1.93. The van der Waals surface area contributed by atoms with Gasteiger partial charge < -0.3 is 15.9 Å². The summed E-state index contributed by atoms with van der Waals surface area (Å²) in [6.45, 7) is 0. The number of hydrogen-bond acceptors (Lipinski definition) is 3. The van der Waals surface area contributed by atoms with E-state index >= 15 is 0 Å². The Bertz CT molecular complexity index is 173. The lowest BCUT2D eigenvalue weighted by molar-refractivity contribution is -0.138. The summed E-state index contributed by atoms with van der Waals surface area (Å²) in [5.41, 5.74) is 5.66. The molecule has 0 aliphatic heterocycles. The van der Waals surface area contributed by atoms with Gasteiger partial charge in [-0.3, -0.25) is 9.59 Å². The van der Waals surface area contributed by atoms with Crippen molar-refractivity contribution >= 4 is 11.9 Å². The molecule has 14 heavy (non-hydrogen) atoms. The van der Waals surface area contributed by atoms with Gasteiger partial charge in [-0.1, -0.05) is 0 Å². The predicted molar refractivity (Wildman–Crippen MR) is 50.9 cm³/mol. The van der Waals surface area contributed by atoms with Crippen molar-refractivity contribution in [3.8, 4) is 0 Å². The molecule has 0 amide bonds. The Morgan fingerprint density at radius 1 is 1.00 bits per heavy atom. The highest BCUT2D eigenvalue weighted by Gasteiger charge is 2.05. The molecule has 0 fully saturated rings. The summed E-state index contributed by atoms with van der Waals surface area (Å²) in [4.78, 5) is 20.3. The smallest absolute Gasteiger partial charge is 0.303 e. The molecule has 0 saturated heterocycles. The van der Waals surface area contributed by atoms with Crippen LogP contribution in [0.15, 0.2) is 0 Å². The van der Waals surface area contributed by atoms with Gasteiger partial charge in [0.05, 0.1) is 0 Å². The van der Waals surface area contributed by atoms with Crippen LogP contribution in [-0.4, -0.2) is 28.2 Å². The fourth-order valence-electron chi connectivity index (χ4n) is 1.18. The van der Waals surface area contributed by atoms with Crippen molar-refractivity contribution in [2.45, 2.75) is 44.6 Å². The lowest BCUT2D eigenvalue weighted by Gasteiger charge is -2.09. The van der Waals surface area contributed by atoms with E-state index in [9.17, 15) is 9.59 Å². The van der Waals surface area contributed by atoms with E-state index in [1.807, 2.05) is 0 Å². The van der Waals surface area contributed by atoms with Crippen LogP contribution >= 0.6 is 0 Å². The Hall–Kier alpha value is -1.10. The fraction of sp³-hybridized carbons (Fsp3) is 0.778. The van der Waals surface area contributed by atoms with Gasteiger partial charge in [-0.25, -0.2) is 0 Å². The van der Waals surface area contributed by atoms with Crippen molar-refractivity contribution in [3.05, 3.63) is 0 Å². The number of carboxylic acid groups (broad SMARTS) is 2. The Morgan fingerprint density at radius 2 is 1.36 bits per heavy atom. The second kappa shape index (κ2) is 7.32. The van der Waals surface area contributed by atoms with Crippen LogP contribution in [0.5, 0.6) is 0 Å². The molecule has 5 heteroatoms. The molecular formula is C9H17NO4. The van der Waals surface area contributed by atoms with E-state index in [4.69, 9.17) is 15.9 Å². The normalized spacial score (nSPS) is 10.4. The molecular weight excluding hydrogens is 186 g/mol. The molecule has 82 valence electrons. The van der Waals surface area contributed by atoms with Crippen LogP contribution in [0.3, 0.4) is 0 Å². The number of carbonyl (C=O) groups is 2. The monoisotopic (exact) mass is 203 g/mol. The van der Waals surface area contributed by atoms with E-state index in [2.05, 4.69) is 0 Å². The summed E-state index contributed by atoms with van der Waals surface area (Å²) in [6.07, 6.45) is 2.67. The summed E-state index contributed by atoms with van der Waals surface area (Å²) in [6, 6.07) is -0.0753. The molecule has 0 unspecified atom stereocenters. The highest BCUT2D eigenvalue weighted by molar-refractivity contribution is 5.66. The van der Waals surface area contributed by atoms with Gasteiger partial charge in [-0.15, -0.1) is 0 Å². The Labute approximate surface area is 82.9 Å². The molecule has 0 spiro atoms. The SMILES string of the molecule is NC(CCCC(=O)O)CCCC(=O)O. The minimum absolute atomic E-state index is 0.0753. The number of nitrogens with two attached hydrogens (primary N) is 1. The molecule has 0 aromatic rings. The number of rotatable bonds is 8. The molecule has 0 bridgehead atoms. The standard InChI is InChI=1S/C9H17NO4/c10-7(3-1-5-8(11)12)4-2-6-9(13)14/h7H,1-6,10H2,(H,11,12)(H,13,14). The zero-order chi connectivity index (χ0) is 11.0. The van der Waals surface area contributed by atoms with E-state index in [0.29, 0.717) is 25.7 Å². The van der Waals surface area contributed by atoms with Crippen LogP contribution in [0.4, 0.5) is 0 Å². The van der Waals surface area contributed by atoms with Gasteiger partial charge in [0.25, 0.3) is 0 Å². The van der Waals surface area contributed by atoms with Gasteiger partial charge in [0.1, 0.15) is 0 Å². The zero-order valence-corrected chi connectivity index (χ0v) is 8.11. The van der Waals surface area contributed by atoms with E-state index < -0.39 is 11.9 Å². The zero-order valence-electron chi connectivity index (χ0n) is 8.11. The van der Waals surface area contributed by atoms with Crippen molar-refractivity contribution in [3.63, 3.8) is 0 Å². The molecule has 0 aromatic heterocycles. The molecule has 0 saturated carbocycles. The lowest BCUT2D eigenvalue weighted by Crippen LogP contribution is -2.20. The minimum atomic E-state index is -0.817. The third kappa shape index (κ3) is 8.99. The van der Waals surface area contributed by atoms with Crippen LogP contribution in [0.2, 0.25) is 0 Å². The van der Waals surface area contributed by atoms with E-state index in [0.717, 1.165) is 0 Å². The molecule has 0 heterocycles. The molecule has 4 N–H and O–H groups in total. The fourth-order valence-corrected chi connectivity index (χ4v) is 1.18. The quantitative estimate of drug-likeness (QED) is 0.542. The van der Waals surface area contributed by atoms with Crippen molar-refractivity contribution in [2.24, 2.45) is 5.73 Å². The molecule has 5 nitrogen and oxygen atoms in total. The van der Waals surface area contributed by atoms with E-state index in [1.165, 1.54) is 0 Å². The van der Waals surface area contributed by atoms with Gasteiger partial charge >= 0.3 is 11.9 Å². The number of carboxylic acids is 2. The molecule has 0 atom stereocenters. The van der Waals surface area contributed by atoms with Gasteiger partial charge in [0, 0.05) is 18.9 Å². The van der Waals surface area contributed by atoms with Gasteiger partial charge in [-0.2, -0.15) is 0 Å². The van der Waals surface area contributed by atoms with Crippen LogP contribution in [0, 0.1) is 0 Å². The Kier molecular flexibility index (Phi) is 6.74. The minimum Gasteiger partial charge on any atom is -0.481 e. The van der Waals surface area contributed by atoms with Gasteiger partial charge in [-0.05, 0) is 25.7 Å². The molecule has 0 aromatic carbocycles. The summed E-state index contributed by atoms with van der Waals surface area (Å²) >= 11 is 0. The van der Waals surface area contributed by atoms with Crippen molar-refractivity contribution in [2.75, 3.05) is 0 Å². The lowest BCUT2D eigenvalue weighted by atomic mass is 10.0. The summed E-state index contributed by atoms with van der Waals surface area (Å²) < 4.78 is 0. The summed E-state index contributed by atoms with van der Waals surface area (Å²) in [5.74, 6) is -1.63. The average molecular weight is 203 g/mol. The molecule has 0 rings (SSSR count). The first kappa shape index (κ1) is 12.9. The van der Waals surface area contributed by atoms with Crippen LogP contribution in [-0.2, 0) is 9.59 Å². The first-order valence-electron chi connectivity index (χ1n) is 4.71. The maximum Gasteiger partial charge on any atom is 0.303 e. The van der Waals surface area contributed by atoms with E-state index in [1.54, 1.807) is 0 Å². The van der Waals surface area contributed by atoms with Crippen molar-refractivity contribution in [1.82, 2.24) is 0 Å². The topological polar surface area (TPSA) is 101 Å². The summed E-state index contributed by atoms with van der Waals surface area (Å²) in [7, 11) is 0. The molecule has 0 aliphatic rings. The average Bonchev–Trinajstić information content (AvgIpc) is 2.02. The third-order valence-electron chi connectivity index (χ3n) is 1.93. The van der Waals surface area contributed by atoms with Gasteiger partial charge in [0.15, 0.2) is 0 Å². The predicted octanol–water partition coefficient (Wildman–Crippen LogP) is 0.823. The van der Waals surface area contributed by atoms with Crippen molar-refractivity contribution in [1.29, 1.82) is 0 Å². The van der Waals surface area contributed by atoms with Crippen LogP contribution in [0.25, 0.3) is 0 Å². The van der Waals surface area contributed by atoms with Gasteiger partial charge in [0.2, 0.25) is 0 Å². The highest BCUT2D eigenvalue weighted by Crippen LogP contribution is 2.06. The largest absolute Gasteiger partial charge is 0.481 e. The molecule has 0 radical (unpaired) electrons. The molecule has 0 aliphatic carbocycles. The second-order valence-electron chi connectivity index (χ2n) is 3.33. The first-order valence-corrected chi connectivity index (χ1v) is 4.71. The highest BCUT2D eigenvalue weighted by atomic mass is 16.4.